The van der Waals surface area contributed by atoms with Gasteiger partial charge in [-0.05, 0) is 60.8 Å². The van der Waals surface area contributed by atoms with Gasteiger partial charge in [0.15, 0.2) is 0 Å². The van der Waals surface area contributed by atoms with Gasteiger partial charge in [-0.2, -0.15) is 0 Å². The number of rotatable bonds is 4. The summed E-state index contributed by atoms with van der Waals surface area (Å²) in [5.41, 5.74) is 8.34. The number of aryl methyl sites for hydroxylation is 1. The first-order valence-electron chi connectivity index (χ1n) is 6.33. The zero-order chi connectivity index (χ0) is 13.8. The standard InChI is InChI=1S/C16H17F2N/c1-11-5-6-14(18)10-16(11)15(7-8-19)12-3-2-4-13(17)9-12/h2-6,9-10,15H,7-8,19H2,1H3. The van der Waals surface area contributed by atoms with Crippen LogP contribution in [-0.2, 0) is 0 Å². The van der Waals surface area contributed by atoms with Crippen LogP contribution in [0.3, 0.4) is 0 Å². The van der Waals surface area contributed by atoms with Gasteiger partial charge >= 0.3 is 0 Å². The van der Waals surface area contributed by atoms with E-state index in [-0.39, 0.29) is 17.6 Å². The van der Waals surface area contributed by atoms with Crippen LogP contribution in [0.25, 0.3) is 0 Å². The molecule has 2 rings (SSSR count). The van der Waals surface area contributed by atoms with E-state index in [1.807, 2.05) is 13.0 Å². The summed E-state index contributed by atoms with van der Waals surface area (Å²) < 4.78 is 26.8. The second kappa shape index (κ2) is 5.93. The highest BCUT2D eigenvalue weighted by molar-refractivity contribution is 5.38. The molecule has 1 atom stereocenters. The van der Waals surface area contributed by atoms with Gasteiger partial charge in [0.25, 0.3) is 0 Å². The molecule has 0 heterocycles. The fourth-order valence-corrected chi connectivity index (χ4v) is 2.38. The molecule has 0 amide bonds. The van der Waals surface area contributed by atoms with Crippen molar-refractivity contribution >= 4 is 0 Å². The molecule has 0 spiro atoms. The summed E-state index contributed by atoms with van der Waals surface area (Å²) in [6, 6.07) is 11.1. The topological polar surface area (TPSA) is 26.0 Å². The molecule has 0 radical (unpaired) electrons. The van der Waals surface area contributed by atoms with Crippen LogP contribution in [0.1, 0.15) is 29.0 Å². The Balaban J connectivity index is 2.48. The van der Waals surface area contributed by atoms with E-state index >= 15 is 0 Å². The van der Waals surface area contributed by atoms with Crippen LogP contribution in [-0.4, -0.2) is 6.54 Å². The van der Waals surface area contributed by atoms with Gasteiger partial charge in [-0.3, -0.25) is 0 Å². The highest BCUT2D eigenvalue weighted by Crippen LogP contribution is 2.30. The molecule has 0 fully saturated rings. The predicted molar refractivity (Wildman–Crippen MR) is 73.1 cm³/mol. The van der Waals surface area contributed by atoms with Crippen molar-refractivity contribution < 1.29 is 8.78 Å². The summed E-state index contributed by atoms with van der Waals surface area (Å²) in [4.78, 5) is 0. The lowest BCUT2D eigenvalue weighted by Crippen LogP contribution is -2.10. The highest BCUT2D eigenvalue weighted by atomic mass is 19.1. The number of halogens is 2. The van der Waals surface area contributed by atoms with E-state index in [1.54, 1.807) is 12.1 Å². The Labute approximate surface area is 112 Å². The Morgan fingerprint density at radius 2 is 1.79 bits per heavy atom. The highest BCUT2D eigenvalue weighted by Gasteiger charge is 2.16. The molecule has 3 heteroatoms. The minimum absolute atomic E-state index is 0.0728. The van der Waals surface area contributed by atoms with Crippen molar-refractivity contribution in [3.63, 3.8) is 0 Å². The molecule has 0 aliphatic rings. The molecule has 1 nitrogen and oxygen atoms in total. The average molecular weight is 261 g/mol. The molecule has 1 unspecified atom stereocenters. The lowest BCUT2D eigenvalue weighted by Gasteiger charge is -2.19. The van der Waals surface area contributed by atoms with Gasteiger partial charge in [0, 0.05) is 5.92 Å². The SMILES string of the molecule is Cc1ccc(F)cc1C(CCN)c1cccc(F)c1. The predicted octanol–water partition coefficient (Wildman–Crippen LogP) is 3.75. The lowest BCUT2D eigenvalue weighted by atomic mass is 9.86. The molecule has 100 valence electrons. The zero-order valence-electron chi connectivity index (χ0n) is 10.9. The third kappa shape index (κ3) is 3.18. The quantitative estimate of drug-likeness (QED) is 0.891. The van der Waals surface area contributed by atoms with Crippen LogP contribution in [0.15, 0.2) is 42.5 Å². The maximum Gasteiger partial charge on any atom is 0.123 e. The van der Waals surface area contributed by atoms with Crippen LogP contribution < -0.4 is 5.73 Å². The van der Waals surface area contributed by atoms with Gasteiger partial charge in [0.2, 0.25) is 0 Å². The van der Waals surface area contributed by atoms with E-state index in [2.05, 4.69) is 0 Å². The summed E-state index contributed by atoms with van der Waals surface area (Å²) in [6.45, 7) is 2.40. The fraction of sp³-hybridized carbons (Fsp3) is 0.250. The summed E-state index contributed by atoms with van der Waals surface area (Å²) in [7, 11) is 0. The molecule has 0 saturated heterocycles. The minimum Gasteiger partial charge on any atom is -0.330 e. The summed E-state index contributed by atoms with van der Waals surface area (Å²) in [5.74, 6) is -0.635. The van der Waals surface area contributed by atoms with Crippen molar-refractivity contribution in [2.24, 2.45) is 5.73 Å². The zero-order valence-corrected chi connectivity index (χ0v) is 10.9. The first-order chi connectivity index (χ1) is 9.11. The van der Waals surface area contributed by atoms with Crippen molar-refractivity contribution in [1.29, 1.82) is 0 Å². The van der Waals surface area contributed by atoms with Gasteiger partial charge in [0.05, 0.1) is 0 Å². The lowest BCUT2D eigenvalue weighted by molar-refractivity contribution is 0.613. The number of hydrogen-bond donors (Lipinski definition) is 1. The van der Waals surface area contributed by atoms with Crippen molar-refractivity contribution in [3.05, 3.63) is 70.8 Å². The van der Waals surface area contributed by atoms with Crippen molar-refractivity contribution in [2.45, 2.75) is 19.3 Å². The Bertz CT molecular complexity index is 566. The Morgan fingerprint density at radius 3 is 2.47 bits per heavy atom. The summed E-state index contributed by atoms with van der Waals surface area (Å²) in [6.07, 6.45) is 0.660. The maximum absolute atomic E-state index is 13.4. The van der Waals surface area contributed by atoms with E-state index in [9.17, 15) is 8.78 Å². The molecule has 0 aliphatic heterocycles. The molecule has 0 aromatic heterocycles. The van der Waals surface area contributed by atoms with Crippen LogP contribution >= 0.6 is 0 Å². The molecule has 2 aromatic rings. The Morgan fingerprint density at radius 1 is 1.05 bits per heavy atom. The van der Waals surface area contributed by atoms with Gasteiger partial charge in [-0.1, -0.05) is 18.2 Å². The number of benzene rings is 2. The first kappa shape index (κ1) is 13.7. The summed E-state index contributed by atoms with van der Waals surface area (Å²) in [5, 5.41) is 0. The minimum atomic E-state index is -0.284. The fourth-order valence-electron chi connectivity index (χ4n) is 2.38. The third-order valence-electron chi connectivity index (χ3n) is 3.32. The van der Waals surface area contributed by atoms with E-state index in [0.29, 0.717) is 13.0 Å². The molecule has 0 bridgehead atoms. The van der Waals surface area contributed by atoms with Gasteiger partial charge in [0.1, 0.15) is 11.6 Å². The Kier molecular flexibility index (Phi) is 4.27. The first-order valence-corrected chi connectivity index (χ1v) is 6.33. The van der Waals surface area contributed by atoms with E-state index in [1.165, 1.54) is 24.3 Å². The third-order valence-corrected chi connectivity index (χ3v) is 3.32. The van der Waals surface area contributed by atoms with Gasteiger partial charge in [-0.25, -0.2) is 8.78 Å². The molecular weight excluding hydrogens is 244 g/mol. The average Bonchev–Trinajstić information content (AvgIpc) is 2.39. The maximum atomic E-state index is 13.4. The van der Waals surface area contributed by atoms with E-state index < -0.39 is 0 Å². The van der Waals surface area contributed by atoms with Crippen molar-refractivity contribution in [1.82, 2.24) is 0 Å². The van der Waals surface area contributed by atoms with Crippen LogP contribution in [0.2, 0.25) is 0 Å². The number of nitrogens with two attached hydrogens (primary N) is 1. The second-order valence-corrected chi connectivity index (χ2v) is 4.69. The molecule has 19 heavy (non-hydrogen) atoms. The molecule has 0 aliphatic carbocycles. The molecule has 2 N–H and O–H groups in total. The van der Waals surface area contributed by atoms with Gasteiger partial charge < -0.3 is 5.73 Å². The largest absolute Gasteiger partial charge is 0.330 e. The monoisotopic (exact) mass is 261 g/mol. The Hall–Kier alpha value is -1.74. The van der Waals surface area contributed by atoms with Crippen molar-refractivity contribution in [2.75, 3.05) is 6.54 Å². The normalized spacial score (nSPS) is 12.4. The van der Waals surface area contributed by atoms with Crippen molar-refractivity contribution in [3.8, 4) is 0 Å². The van der Waals surface area contributed by atoms with E-state index in [4.69, 9.17) is 5.73 Å². The van der Waals surface area contributed by atoms with Gasteiger partial charge in [-0.15, -0.1) is 0 Å². The van der Waals surface area contributed by atoms with Crippen LogP contribution in [0.4, 0.5) is 8.78 Å². The van der Waals surface area contributed by atoms with Crippen LogP contribution in [0, 0.1) is 18.6 Å². The number of hydrogen-bond acceptors (Lipinski definition) is 1. The van der Waals surface area contributed by atoms with E-state index in [0.717, 1.165) is 16.7 Å². The molecule has 0 saturated carbocycles. The second-order valence-electron chi connectivity index (χ2n) is 4.69. The summed E-state index contributed by atoms with van der Waals surface area (Å²) >= 11 is 0. The molecule has 2 aromatic carbocycles. The van der Waals surface area contributed by atoms with Crippen LogP contribution in [0.5, 0.6) is 0 Å². The smallest absolute Gasteiger partial charge is 0.123 e. The molecular formula is C16H17F2N.